The first-order chi connectivity index (χ1) is 7.23. The smallest absolute Gasteiger partial charge is 0.368 e. The Morgan fingerprint density at radius 3 is 2.38 bits per heavy atom. The highest BCUT2D eigenvalue weighted by Crippen LogP contribution is 2.36. The average molecular weight is 256 g/mol. The highest BCUT2D eigenvalue weighted by molar-refractivity contribution is 6.30. The summed E-state index contributed by atoms with van der Waals surface area (Å²) in [4.78, 5) is 10.7. The lowest BCUT2D eigenvalue weighted by molar-refractivity contribution is -0.138. The first kappa shape index (κ1) is 12.8. The lowest BCUT2D eigenvalue weighted by Gasteiger charge is -2.14. The number of carbonyl (C=O) groups is 1. The molecular formula is C9H6ClF4NO. The minimum atomic E-state index is -4.79. The SMILES string of the molecule is NC(=O)C(Cl)c1ccc(F)cc1C(F)(F)F. The Hall–Kier alpha value is -1.30. The van der Waals surface area contributed by atoms with Gasteiger partial charge >= 0.3 is 6.18 Å². The maximum Gasteiger partial charge on any atom is 0.416 e. The molecule has 1 rings (SSSR count). The van der Waals surface area contributed by atoms with E-state index in [9.17, 15) is 22.4 Å². The molecule has 7 heteroatoms. The van der Waals surface area contributed by atoms with Gasteiger partial charge in [-0.25, -0.2) is 4.39 Å². The highest BCUT2D eigenvalue weighted by Gasteiger charge is 2.36. The Bertz CT molecular complexity index is 418. The fourth-order valence-electron chi connectivity index (χ4n) is 1.15. The van der Waals surface area contributed by atoms with Crippen LogP contribution in [0, 0.1) is 5.82 Å². The number of amides is 1. The molecule has 0 aliphatic carbocycles. The minimum Gasteiger partial charge on any atom is -0.368 e. The summed E-state index contributed by atoms with van der Waals surface area (Å²) in [6.07, 6.45) is -4.79. The molecule has 1 unspecified atom stereocenters. The first-order valence-electron chi connectivity index (χ1n) is 4.03. The van der Waals surface area contributed by atoms with Crippen molar-refractivity contribution >= 4 is 17.5 Å². The Morgan fingerprint density at radius 1 is 1.38 bits per heavy atom. The van der Waals surface area contributed by atoms with Crippen LogP contribution in [-0.4, -0.2) is 5.91 Å². The third kappa shape index (κ3) is 2.63. The van der Waals surface area contributed by atoms with Crippen LogP contribution in [0.15, 0.2) is 18.2 Å². The van der Waals surface area contributed by atoms with Crippen molar-refractivity contribution in [2.45, 2.75) is 11.6 Å². The predicted octanol–water partition coefficient (Wildman–Crippen LogP) is 2.61. The van der Waals surface area contributed by atoms with Gasteiger partial charge in [-0.15, -0.1) is 11.6 Å². The molecule has 0 spiro atoms. The fourth-order valence-corrected chi connectivity index (χ4v) is 1.34. The largest absolute Gasteiger partial charge is 0.416 e. The summed E-state index contributed by atoms with van der Waals surface area (Å²) in [6.45, 7) is 0. The summed E-state index contributed by atoms with van der Waals surface area (Å²) >= 11 is 5.41. The van der Waals surface area contributed by atoms with E-state index in [1.165, 1.54) is 0 Å². The third-order valence-corrected chi connectivity index (χ3v) is 2.29. The molecule has 1 atom stereocenters. The summed E-state index contributed by atoms with van der Waals surface area (Å²) in [5, 5.41) is -1.64. The molecule has 0 saturated carbocycles. The van der Waals surface area contributed by atoms with Crippen LogP contribution in [0.5, 0.6) is 0 Å². The summed E-state index contributed by atoms with van der Waals surface area (Å²) < 4.78 is 50.1. The zero-order chi connectivity index (χ0) is 12.5. The van der Waals surface area contributed by atoms with E-state index in [1.807, 2.05) is 0 Å². The van der Waals surface area contributed by atoms with E-state index < -0.39 is 34.4 Å². The monoisotopic (exact) mass is 255 g/mol. The van der Waals surface area contributed by atoms with Gasteiger partial charge in [-0.3, -0.25) is 4.79 Å². The number of halogens is 5. The number of hydrogen-bond acceptors (Lipinski definition) is 1. The lowest BCUT2D eigenvalue weighted by Crippen LogP contribution is -2.20. The Morgan fingerprint density at radius 2 is 1.94 bits per heavy atom. The number of hydrogen-bond donors (Lipinski definition) is 1. The van der Waals surface area contributed by atoms with Gasteiger partial charge < -0.3 is 5.73 Å². The maximum absolute atomic E-state index is 12.7. The van der Waals surface area contributed by atoms with E-state index >= 15 is 0 Å². The number of nitrogens with two attached hydrogens (primary N) is 1. The summed E-state index contributed by atoms with van der Waals surface area (Å²) in [5.74, 6) is -2.19. The molecule has 2 nitrogen and oxygen atoms in total. The zero-order valence-corrected chi connectivity index (χ0v) is 8.44. The van der Waals surface area contributed by atoms with E-state index in [1.54, 1.807) is 0 Å². The summed E-state index contributed by atoms with van der Waals surface area (Å²) in [5.41, 5.74) is 2.93. The molecule has 0 bridgehead atoms. The van der Waals surface area contributed by atoms with E-state index in [0.29, 0.717) is 0 Å². The molecule has 1 aromatic carbocycles. The van der Waals surface area contributed by atoms with Gasteiger partial charge in [0, 0.05) is 0 Å². The zero-order valence-electron chi connectivity index (χ0n) is 7.68. The van der Waals surface area contributed by atoms with Crippen molar-refractivity contribution in [2.24, 2.45) is 5.73 Å². The topological polar surface area (TPSA) is 43.1 Å². The van der Waals surface area contributed by atoms with Crippen LogP contribution in [0.25, 0.3) is 0 Å². The first-order valence-corrected chi connectivity index (χ1v) is 4.47. The van der Waals surface area contributed by atoms with Crippen molar-refractivity contribution in [3.63, 3.8) is 0 Å². The average Bonchev–Trinajstić information content (AvgIpc) is 2.15. The number of alkyl halides is 4. The van der Waals surface area contributed by atoms with E-state index in [0.717, 1.165) is 12.1 Å². The lowest BCUT2D eigenvalue weighted by atomic mass is 10.0. The van der Waals surface area contributed by atoms with Crippen LogP contribution in [0.2, 0.25) is 0 Å². The second-order valence-electron chi connectivity index (χ2n) is 2.99. The maximum atomic E-state index is 12.7. The molecular weight excluding hydrogens is 250 g/mol. The van der Waals surface area contributed by atoms with Gasteiger partial charge in [0.2, 0.25) is 5.91 Å². The van der Waals surface area contributed by atoms with Crippen molar-refractivity contribution in [1.82, 2.24) is 0 Å². The van der Waals surface area contributed by atoms with Gasteiger partial charge in [-0.1, -0.05) is 6.07 Å². The number of benzene rings is 1. The molecule has 0 aromatic heterocycles. The summed E-state index contributed by atoms with van der Waals surface area (Å²) in [7, 11) is 0. The molecule has 0 aliphatic rings. The molecule has 0 fully saturated rings. The molecule has 1 aromatic rings. The highest BCUT2D eigenvalue weighted by atomic mass is 35.5. The number of carbonyl (C=O) groups excluding carboxylic acids is 1. The quantitative estimate of drug-likeness (QED) is 0.641. The van der Waals surface area contributed by atoms with Crippen LogP contribution in [-0.2, 0) is 11.0 Å². The van der Waals surface area contributed by atoms with Gasteiger partial charge in [-0.05, 0) is 17.7 Å². The molecule has 2 N–H and O–H groups in total. The molecule has 0 aliphatic heterocycles. The Kier molecular flexibility index (Phi) is 3.42. The second-order valence-corrected chi connectivity index (χ2v) is 3.43. The number of rotatable bonds is 2. The van der Waals surface area contributed by atoms with E-state index in [-0.39, 0.29) is 6.07 Å². The van der Waals surface area contributed by atoms with Crippen LogP contribution >= 0.6 is 11.6 Å². The molecule has 0 heterocycles. The van der Waals surface area contributed by atoms with Crippen LogP contribution < -0.4 is 5.73 Å². The van der Waals surface area contributed by atoms with E-state index in [2.05, 4.69) is 0 Å². The van der Waals surface area contributed by atoms with Gasteiger partial charge in [-0.2, -0.15) is 13.2 Å². The standard InChI is InChI=1S/C9H6ClF4NO/c10-7(8(15)16)5-2-1-4(11)3-6(5)9(12,13)14/h1-3,7H,(H2,15,16). The van der Waals surface area contributed by atoms with Gasteiger partial charge in [0.15, 0.2) is 0 Å². The Balaban J connectivity index is 3.34. The van der Waals surface area contributed by atoms with Crippen molar-refractivity contribution in [1.29, 1.82) is 0 Å². The fraction of sp³-hybridized carbons (Fsp3) is 0.222. The predicted molar refractivity (Wildman–Crippen MR) is 49.2 cm³/mol. The number of primary amides is 1. The summed E-state index contributed by atoms with van der Waals surface area (Å²) in [6, 6.07) is 1.84. The van der Waals surface area contributed by atoms with Crippen molar-refractivity contribution in [2.75, 3.05) is 0 Å². The normalized spacial score (nSPS) is 13.6. The molecule has 1 amide bonds. The third-order valence-electron chi connectivity index (χ3n) is 1.84. The molecule has 88 valence electrons. The van der Waals surface area contributed by atoms with Gasteiger partial charge in [0.1, 0.15) is 11.2 Å². The van der Waals surface area contributed by atoms with E-state index in [4.69, 9.17) is 17.3 Å². The molecule has 16 heavy (non-hydrogen) atoms. The van der Waals surface area contributed by atoms with Crippen molar-refractivity contribution < 1.29 is 22.4 Å². The van der Waals surface area contributed by atoms with Crippen molar-refractivity contribution in [3.05, 3.63) is 35.1 Å². The van der Waals surface area contributed by atoms with Gasteiger partial charge in [0.25, 0.3) is 0 Å². The van der Waals surface area contributed by atoms with Crippen molar-refractivity contribution in [3.8, 4) is 0 Å². The molecule has 0 radical (unpaired) electrons. The molecule has 0 saturated heterocycles. The van der Waals surface area contributed by atoms with Crippen LogP contribution in [0.1, 0.15) is 16.5 Å². The van der Waals surface area contributed by atoms with Crippen LogP contribution in [0.3, 0.4) is 0 Å². The minimum absolute atomic E-state index is 0.271. The second kappa shape index (κ2) is 4.29. The Labute approximate surface area is 93.0 Å². The van der Waals surface area contributed by atoms with Gasteiger partial charge in [0.05, 0.1) is 5.56 Å². The van der Waals surface area contributed by atoms with Crippen LogP contribution in [0.4, 0.5) is 17.6 Å².